The molecule has 0 radical (unpaired) electrons. The summed E-state index contributed by atoms with van der Waals surface area (Å²) in [5, 5.41) is 20.0. The number of phenolic OH excluding ortho intramolecular Hbond substituents is 2. The van der Waals surface area contributed by atoms with E-state index >= 15 is 0 Å². The molecular formula is C14H10O5. The molecule has 96 valence electrons. The molecule has 2 aromatic carbocycles. The first-order valence-corrected chi connectivity index (χ1v) is 5.58. The van der Waals surface area contributed by atoms with Gasteiger partial charge in [-0.05, 0) is 24.3 Å². The second-order valence-electron chi connectivity index (χ2n) is 4.07. The van der Waals surface area contributed by atoms with Gasteiger partial charge in [0.15, 0.2) is 11.3 Å². The van der Waals surface area contributed by atoms with Crippen LogP contribution in [0.5, 0.6) is 17.2 Å². The molecule has 0 bridgehead atoms. The monoisotopic (exact) mass is 258 g/mol. The zero-order valence-corrected chi connectivity index (χ0v) is 10.0. The standard InChI is InChI=1S/C14H10O5/c1-18-10-6-5-7-12(16)11-8(15)3-2-4-9(11)19-14(7)13(10)17/h2-6,15,17H,1H3. The first-order chi connectivity index (χ1) is 9.13. The van der Waals surface area contributed by atoms with E-state index in [2.05, 4.69) is 0 Å². The number of phenols is 2. The number of ether oxygens (including phenoxy) is 1. The smallest absolute Gasteiger partial charge is 0.204 e. The maximum absolute atomic E-state index is 12.3. The summed E-state index contributed by atoms with van der Waals surface area (Å²) < 4.78 is 10.5. The van der Waals surface area contributed by atoms with E-state index in [9.17, 15) is 15.0 Å². The summed E-state index contributed by atoms with van der Waals surface area (Å²) in [5.74, 6) is -0.166. The topological polar surface area (TPSA) is 79.9 Å². The molecular weight excluding hydrogens is 248 g/mol. The molecule has 19 heavy (non-hydrogen) atoms. The Kier molecular flexibility index (Phi) is 2.35. The molecule has 0 aliphatic heterocycles. The number of methoxy groups -OCH3 is 1. The number of rotatable bonds is 1. The predicted octanol–water partition coefficient (Wildman–Crippen LogP) is 2.37. The minimum atomic E-state index is -0.396. The van der Waals surface area contributed by atoms with Crippen molar-refractivity contribution in [3.05, 3.63) is 40.6 Å². The van der Waals surface area contributed by atoms with Crippen LogP contribution in [0.25, 0.3) is 21.9 Å². The lowest BCUT2D eigenvalue weighted by atomic mass is 10.1. The van der Waals surface area contributed by atoms with E-state index in [-0.39, 0.29) is 39.2 Å². The minimum absolute atomic E-state index is 0.0439. The van der Waals surface area contributed by atoms with E-state index in [4.69, 9.17) is 9.15 Å². The van der Waals surface area contributed by atoms with Crippen LogP contribution in [-0.4, -0.2) is 17.3 Å². The number of fused-ring (bicyclic) bond motifs is 2. The van der Waals surface area contributed by atoms with Gasteiger partial charge in [0.05, 0.1) is 12.5 Å². The van der Waals surface area contributed by atoms with Crippen molar-refractivity contribution in [3.63, 3.8) is 0 Å². The quantitative estimate of drug-likeness (QED) is 0.655. The summed E-state index contributed by atoms with van der Waals surface area (Å²) in [5.41, 5.74) is -0.143. The Hall–Kier alpha value is -2.69. The molecule has 0 fully saturated rings. The van der Waals surface area contributed by atoms with Gasteiger partial charge >= 0.3 is 0 Å². The molecule has 3 rings (SSSR count). The fourth-order valence-electron chi connectivity index (χ4n) is 2.08. The number of hydrogen-bond acceptors (Lipinski definition) is 5. The first kappa shape index (κ1) is 11.4. The third kappa shape index (κ3) is 1.52. The van der Waals surface area contributed by atoms with Crippen LogP contribution in [0.1, 0.15) is 0 Å². The third-order valence-corrected chi connectivity index (χ3v) is 3.00. The number of benzene rings is 2. The Morgan fingerprint density at radius 1 is 1.16 bits per heavy atom. The maximum Gasteiger partial charge on any atom is 0.204 e. The van der Waals surface area contributed by atoms with Crippen LogP contribution in [0.2, 0.25) is 0 Å². The van der Waals surface area contributed by atoms with Crippen molar-refractivity contribution in [1.29, 1.82) is 0 Å². The van der Waals surface area contributed by atoms with E-state index in [1.165, 1.54) is 25.3 Å². The highest BCUT2D eigenvalue weighted by molar-refractivity contribution is 5.95. The molecule has 5 heteroatoms. The van der Waals surface area contributed by atoms with Crippen LogP contribution in [0.15, 0.2) is 39.5 Å². The van der Waals surface area contributed by atoms with Gasteiger partial charge in [-0.2, -0.15) is 0 Å². The average molecular weight is 258 g/mol. The highest BCUT2D eigenvalue weighted by atomic mass is 16.5. The molecule has 0 aliphatic carbocycles. The summed E-state index contributed by atoms with van der Waals surface area (Å²) in [6, 6.07) is 7.49. The fraction of sp³-hybridized carbons (Fsp3) is 0.0714. The molecule has 0 saturated carbocycles. The van der Waals surface area contributed by atoms with Gasteiger partial charge in [-0.1, -0.05) is 6.07 Å². The Balaban J connectivity index is 2.58. The molecule has 1 heterocycles. The van der Waals surface area contributed by atoms with E-state index in [0.717, 1.165) is 0 Å². The maximum atomic E-state index is 12.3. The van der Waals surface area contributed by atoms with E-state index in [0.29, 0.717) is 0 Å². The van der Waals surface area contributed by atoms with E-state index in [1.54, 1.807) is 12.1 Å². The summed E-state index contributed by atoms with van der Waals surface area (Å²) >= 11 is 0. The Labute approximate surface area is 107 Å². The van der Waals surface area contributed by atoms with Gasteiger partial charge < -0.3 is 19.4 Å². The normalized spacial score (nSPS) is 11.0. The van der Waals surface area contributed by atoms with Crippen LogP contribution >= 0.6 is 0 Å². The van der Waals surface area contributed by atoms with Crippen molar-refractivity contribution in [2.24, 2.45) is 0 Å². The van der Waals surface area contributed by atoms with Gasteiger partial charge in [0, 0.05) is 0 Å². The van der Waals surface area contributed by atoms with Crippen molar-refractivity contribution < 1.29 is 19.4 Å². The second kappa shape index (κ2) is 3.91. The summed E-state index contributed by atoms with van der Waals surface area (Å²) in [6.07, 6.45) is 0. The molecule has 0 spiro atoms. The van der Waals surface area contributed by atoms with Crippen molar-refractivity contribution in [3.8, 4) is 17.2 Å². The highest BCUT2D eigenvalue weighted by Crippen LogP contribution is 2.35. The molecule has 5 nitrogen and oxygen atoms in total. The molecule has 0 atom stereocenters. The summed E-state index contributed by atoms with van der Waals surface area (Å²) in [4.78, 5) is 12.3. The second-order valence-corrected chi connectivity index (χ2v) is 4.07. The zero-order valence-electron chi connectivity index (χ0n) is 10.0. The SMILES string of the molecule is COc1ccc2c(=O)c3c(O)cccc3oc2c1O. The van der Waals surface area contributed by atoms with Crippen LogP contribution < -0.4 is 10.2 Å². The Morgan fingerprint density at radius 2 is 1.95 bits per heavy atom. The van der Waals surface area contributed by atoms with Crippen LogP contribution in [0.3, 0.4) is 0 Å². The number of hydrogen-bond donors (Lipinski definition) is 2. The van der Waals surface area contributed by atoms with Gasteiger partial charge in [-0.15, -0.1) is 0 Å². The summed E-state index contributed by atoms with van der Waals surface area (Å²) in [7, 11) is 1.41. The lowest BCUT2D eigenvalue weighted by molar-refractivity contribution is 0.372. The van der Waals surface area contributed by atoms with Gasteiger partial charge in [0.1, 0.15) is 16.7 Å². The molecule has 1 aromatic heterocycles. The van der Waals surface area contributed by atoms with Crippen molar-refractivity contribution in [2.45, 2.75) is 0 Å². The fourth-order valence-corrected chi connectivity index (χ4v) is 2.08. The predicted molar refractivity (Wildman–Crippen MR) is 69.9 cm³/mol. The zero-order chi connectivity index (χ0) is 13.6. The molecule has 0 saturated heterocycles. The Morgan fingerprint density at radius 3 is 2.68 bits per heavy atom. The van der Waals surface area contributed by atoms with Gasteiger partial charge in [-0.25, -0.2) is 0 Å². The van der Waals surface area contributed by atoms with Crippen molar-refractivity contribution >= 4 is 21.9 Å². The molecule has 0 unspecified atom stereocenters. The van der Waals surface area contributed by atoms with Crippen LogP contribution in [0.4, 0.5) is 0 Å². The molecule has 3 aromatic rings. The average Bonchev–Trinajstić information content (AvgIpc) is 2.40. The Bertz CT molecular complexity index is 848. The van der Waals surface area contributed by atoms with Crippen LogP contribution in [0, 0.1) is 0 Å². The number of aromatic hydroxyl groups is 2. The van der Waals surface area contributed by atoms with Crippen molar-refractivity contribution in [1.82, 2.24) is 0 Å². The lowest BCUT2D eigenvalue weighted by Crippen LogP contribution is -2.02. The largest absolute Gasteiger partial charge is 0.507 e. The van der Waals surface area contributed by atoms with Crippen LogP contribution in [-0.2, 0) is 0 Å². The lowest BCUT2D eigenvalue weighted by Gasteiger charge is -2.07. The van der Waals surface area contributed by atoms with Gasteiger partial charge in [-0.3, -0.25) is 4.79 Å². The first-order valence-electron chi connectivity index (χ1n) is 5.58. The molecule has 0 aliphatic rings. The molecule has 0 amide bonds. The van der Waals surface area contributed by atoms with E-state index < -0.39 is 5.43 Å². The van der Waals surface area contributed by atoms with Gasteiger partial charge in [0.25, 0.3) is 0 Å². The minimum Gasteiger partial charge on any atom is -0.507 e. The molecule has 2 N–H and O–H groups in total. The highest BCUT2D eigenvalue weighted by Gasteiger charge is 2.16. The van der Waals surface area contributed by atoms with Gasteiger partial charge in [0.2, 0.25) is 11.2 Å². The van der Waals surface area contributed by atoms with Crippen molar-refractivity contribution in [2.75, 3.05) is 7.11 Å². The summed E-state index contributed by atoms with van der Waals surface area (Å²) in [6.45, 7) is 0. The van der Waals surface area contributed by atoms with E-state index in [1.807, 2.05) is 0 Å². The third-order valence-electron chi connectivity index (χ3n) is 3.00.